The maximum Gasteiger partial charge on any atom is 0.412 e. The summed E-state index contributed by atoms with van der Waals surface area (Å²) in [4.78, 5) is 12.0. The van der Waals surface area contributed by atoms with Crippen molar-refractivity contribution < 1.29 is 19.0 Å². The Labute approximate surface area is 138 Å². The predicted octanol–water partition coefficient (Wildman–Crippen LogP) is 3.88. The maximum atomic E-state index is 12.0. The third-order valence-corrected chi connectivity index (χ3v) is 3.08. The molecule has 6 nitrogen and oxygen atoms in total. The van der Waals surface area contributed by atoms with E-state index in [0.29, 0.717) is 18.0 Å². The summed E-state index contributed by atoms with van der Waals surface area (Å²) < 4.78 is 15.8. The molecule has 0 bridgehead atoms. The molecule has 0 heterocycles. The molecule has 2 N–H and O–H groups in total. The highest BCUT2D eigenvalue weighted by atomic mass is 16.6. The van der Waals surface area contributed by atoms with Crippen molar-refractivity contribution in [3.8, 4) is 5.75 Å². The lowest BCUT2D eigenvalue weighted by atomic mass is 10.2. The van der Waals surface area contributed by atoms with Crippen molar-refractivity contribution in [2.24, 2.45) is 0 Å². The van der Waals surface area contributed by atoms with E-state index in [1.165, 1.54) is 0 Å². The number of benzene rings is 1. The van der Waals surface area contributed by atoms with Crippen molar-refractivity contribution in [2.75, 3.05) is 31.5 Å². The summed E-state index contributed by atoms with van der Waals surface area (Å²) in [6.07, 6.45) is 0.391. The van der Waals surface area contributed by atoms with Crippen LogP contribution in [0.2, 0.25) is 0 Å². The molecule has 0 spiro atoms. The second-order valence-corrected chi connectivity index (χ2v) is 6.24. The average Bonchev–Trinajstić information content (AvgIpc) is 2.46. The van der Waals surface area contributed by atoms with Crippen molar-refractivity contribution in [3.05, 3.63) is 18.2 Å². The van der Waals surface area contributed by atoms with Crippen LogP contribution in [-0.2, 0) is 9.47 Å². The third kappa shape index (κ3) is 6.78. The van der Waals surface area contributed by atoms with Gasteiger partial charge in [0.05, 0.1) is 25.1 Å². The van der Waals surface area contributed by atoms with E-state index in [9.17, 15) is 4.79 Å². The van der Waals surface area contributed by atoms with Gasteiger partial charge in [-0.1, -0.05) is 6.92 Å². The molecule has 1 atom stereocenters. The van der Waals surface area contributed by atoms with Gasteiger partial charge in [0.1, 0.15) is 11.4 Å². The number of amides is 1. The lowest BCUT2D eigenvalue weighted by molar-refractivity contribution is 0.0636. The molecule has 1 unspecified atom stereocenters. The van der Waals surface area contributed by atoms with Crippen LogP contribution in [0.15, 0.2) is 18.2 Å². The van der Waals surface area contributed by atoms with E-state index in [4.69, 9.17) is 14.2 Å². The second kappa shape index (κ2) is 8.62. The van der Waals surface area contributed by atoms with Gasteiger partial charge in [0, 0.05) is 19.2 Å². The molecule has 23 heavy (non-hydrogen) atoms. The number of ether oxygens (including phenoxy) is 3. The normalized spacial score (nSPS) is 12.4. The number of carbonyl (C=O) groups is 1. The summed E-state index contributed by atoms with van der Waals surface area (Å²) in [5.74, 6) is 0.703. The fourth-order valence-electron chi connectivity index (χ4n) is 1.97. The highest BCUT2D eigenvalue weighted by Gasteiger charge is 2.18. The van der Waals surface area contributed by atoms with Gasteiger partial charge in [-0.2, -0.15) is 0 Å². The molecular weight excluding hydrogens is 296 g/mol. The summed E-state index contributed by atoms with van der Waals surface area (Å²) in [5.41, 5.74) is 0.848. The zero-order chi connectivity index (χ0) is 17.5. The number of carbonyl (C=O) groups excluding carboxylic acids is 1. The number of anilines is 2. The molecule has 0 fully saturated rings. The van der Waals surface area contributed by atoms with Crippen LogP contribution in [0.1, 0.15) is 34.1 Å². The molecule has 6 heteroatoms. The third-order valence-electron chi connectivity index (χ3n) is 3.08. The molecular formula is C17H28N2O4. The van der Waals surface area contributed by atoms with Crippen LogP contribution in [0.25, 0.3) is 0 Å². The van der Waals surface area contributed by atoms with Gasteiger partial charge in [-0.15, -0.1) is 0 Å². The standard InChI is InChI=1S/C17H28N2O4/c1-7-12(11-21-5)18-15-10-13(22-6)8-9-14(15)19-16(20)23-17(2,3)4/h8-10,12,18H,7,11H2,1-6H3,(H,19,20). The van der Waals surface area contributed by atoms with Crippen LogP contribution in [0.3, 0.4) is 0 Å². The van der Waals surface area contributed by atoms with Gasteiger partial charge in [-0.3, -0.25) is 5.32 Å². The Kier molecular flexibility index (Phi) is 7.16. The Morgan fingerprint density at radius 3 is 2.43 bits per heavy atom. The number of nitrogens with one attached hydrogen (secondary N) is 2. The van der Waals surface area contributed by atoms with Gasteiger partial charge in [0.25, 0.3) is 0 Å². The largest absolute Gasteiger partial charge is 0.497 e. The molecule has 1 amide bonds. The smallest absolute Gasteiger partial charge is 0.412 e. The van der Waals surface area contributed by atoms with E-state index in [-0.39, 0.29) is 6.04 Å². The minimum absolute atomic E-state index is 0.131. The monoisotopic (exact) mass is 324 g/mol. The lowest BCUT2D eigenvalue weighted by Crippen LogP contribution is -2.28. The van der Waals surface area contributed by atoms with Crippen molar-refractivity contribution in [1.29, 1.82) is 0 Å². The molecule has 0 radical (unpaired) electrons. The fourth-order valence-corrected chi connectivity index (χ4v) is 1.97. The maximum absolute atomic E-state index is 12.0. The lowest BCUT2D eigenvalue weighted by Gasteiger charge is -2.23. The minimum atomic E-state index is -0.549. The van der Waals surface area contributed by atoms with E-state index in [2.05, 4.69) is 17.6 Å². The summed E-state index contributed by atoms with van der Waals surface area (Å²) in [6, 6.07) is 5.54. The van der Waals surface area contributed by atoms with Crippen LogP contribution >= 0.6 is 0 Å². The summed E-state index contributed by atoms with van der Waals surface area (Å²) in [6.45, 7) is 8.11. The average molecular weight is 324 g/mol. The number of rotatable bonds is 7. The van der Waals surface area contributed by atoms with Gasteiger partial charge in [0.15, 0.2) is 0 Å². The number of hydrogen-bond acceptors (Lipinski definition) is 5. The Morgan fingerprint density at radius 1 is 1.22 bits per heavy atom. The molecule has 0 aromatic heterocycles. The topological polar surface area (TPSA) is 68.8 Å². The summed E-state index contributed by atoms with van der Waals surface area (Å²) in [5, 5.41) is 6.14. The highest BCUT2D eigenvalue weighted by Crippen LogP contribution is 2.28. The fraction of sp³-hybridized carbons (Fsp3) is 0.588. The Balaban J connectivity index is 2.95. The van der Waals surface area contributed by atoms with Gasteiger partial charge < -0.3 is 19.5 Å². The zero-order valence-corrected chi connectivity index (χ0v) is 14.9. The molecule has 1 rings (SSSR count). The molecule has 0 aliphatic heterocycles. The first kappa shape index (κ1) is 19.1. The quantitative estimate of drug-likeness (QED) is 0.796. The van der Waals surface area contributed by atoms with Crippen LogP contribution in [-0.4, -0.2) is 38.6 Å². The van der Waals surface area contributed by atoms with Crippen LogP contribution < -0.4 is 15.4 Å². The number of hydrogen-bond donors (Lipinski definition) is 2. The first-order valence-corrected chi connectivity index (χ1v) is 7.72. The molecule has 1 aromatic rings. The molecule has 0 aliphatic rings. The highest BCUT2D eigenvalue weighted by molar-refractivity contribution is 5.90. The second-order valence-electron chi connectivity index (χ2n) is 6.24. The SMILES string of the molecule is CCC(COC)Nc1cc(OC)ccc1NC(=O)OC(C)(C)C. The summed E-state index contributed by atoms with van der Waals surface area (Å²) >= 11 is 0. The van der Waals surface area contributed by atoms with Crippen molar-refractivity contribution in [3.63, 3.8) is 0 Å². The number of methoxy groups -OCH3 is 2. The van der Waals surface area contributed by atoms with E-state index in [0.717, 1.165) is 12.1 Å². The molecule has 0 saturated heterocycles. The zero-order valence-electron chi connectivity index (χ0n) is 14.9. The molecule has 130 valence electrons. The van der Waals surface area contributed by atoms with Crippen molar-refractivity contribution in [2.45, 2.75) is 45.8 Å². The molecule has 0 aliphatic carbocycles. The first-order valence-electron chi connectivity index (χ1n) is 7.72. The Morgan fingerprint density at radius 2 is 1.91 bits per heavy atom. The van der Waals surface area contributed by atoms with E-state index in [1.54, 1.807) is 26.4 Å². The predicted molar refractivity (Wildman–Crippen MR) is 92.4 cm³/mol. The van der Waals surface area contributed by atoms with E-state index < -0.39 is 11.7 Å². The molecule has 1 aromatic carbocycles. The van der Waals surface area contributed by atoms with Gasteiger partial charge in [0.2, 0.25) is 0 Å². The minimum Gasteiger partial charge on any atom is -0.497 e. The first-order chi connectivity index (χ1) is 10.8. The van der Waals surface area contributed by atoms with E-state index >= 15 is 0 Å². The van der Waals surface area contributed by atoms with Gasteiger partial charge in [-0.25, -0.2) is 4.79 Å². The summed E-state index contributed by atoms with van der Waals surface area (Å²) in [7, 11) is 3.27. The van der Waals surface area contributed by atoms with Crippen LogP contribution in [0.5, 0.6) is 5.75 Å². The van der Waals surface area contributed by atoms with Crippen molar-refractivity contribution in [1.82, 2.24) is 0 Å². The van der Waals surface area contributed by atoms with Gasteiger partial charge in [-0.05, 0) is 39.3 Å². The van der Waals surface area contributed by atoms with Crippen molar-refractivity contribution >= 4 is 17.5 Å². The van der Waals surface area contributed by atoms with Crippen LogP contribution in [0, 0.1) is 0 Å². The van der Waals surface area contributed by atoms with Gasteiger partial charge >= 0.3 is 6.09 Å². The molecule has 0 saturated carbocycles. The Bertz CT molecular complexity index is 512. The van der Waals surface area contributed by atoms with E-state index in [1.807, 2.05) is 26.8 Å². The van der Waals surface area contributed by atoms with Crippen LogP contribution in [0.4, 0.5) is 16.2 Å². The Hall–Kier alpha value is -1.95.